The van der Waals surface area contributed by atoms with Crippen molar-refractivity contribution in [1.29, 1.82) is 0 Å². The molecule has 5 heteroatoms. The molecule has 0 atom stereocenters. The smallest absolute Gasteiger partial charge is 0.373 e. The number of rotatable bonds is 18. The predicted octanol–water partition coefficient (Wildman–Crippen LogP) is 6.17. The van der Waals surface area contributed by atoms with Crippen molar-refractivity contribution in [3.8, 4) is 0 Å². The average molecular weight is 367 g/mol. The van der Waals surface area contributed by atoms with Crippen molar-refractivity contribution in [3.63, 3.8) is 0 Å². The zero-order valence-electron chi connectivity index (χ0n) is 15.7. The third-order valence-corrected chi connectivity index (χ3v) is 6.99. The van der Waals surface area contributed by atoms with Gasteiger partial charge in [0.1, 0.15) is 0 Å². The highest BCUT2D eigenvalue weighted by Gasteiger charge is 2.40. The van der Waals surface area contributed by atoms with Crippen LogP contribution in [0.3, 0.4) is 0 Å². The van der Waals surface area contributed by atoms with Gasteiger partial charge < -0.3 is 13.3 Å². The molecule has 0 saturated carbocycles. The Hall–Kier alpha value is 0.387. The van der Waals surface area contributed by atoms with Crippen LogP contribution in [0.2, 0.25) is 6.04 Å². The topological polar surface area (TPSA) is 27.7 Å². The Morgan fingerprint density at radius 3 is 1.30 bits per heavy atom. The maximum absolute atomic E-state index is 6.23. The van der Waals surface area contributed by atoms with Crippen molar-refractivity contribution < 1.29 is 13.3 Å². The van der Waals surface area contributed by atoms with Gasteiger partial charge in [0.2, 0.25) is 0 Å². The van der Waals surface area contributed by atoms with Crippen molar-refractivity contribution in [2.24, 2.45) is 0 Å². The second-order valence-corrected chi connectivity index (χ2v) is 9.25. The van der Waals surface area contributed by atoms with Gasteiger partial charge in [0.25, 0.3) is 0 Å². The normalized spacial score (nSPS) is 12.0. The van der Waals surface area contributed by atoms with Crippen LogP contribution >= 0.6 is 11.6 Å². The number of hydrogen-bond acceptors (Lipinski definition) is 3. The van der Waals surface area contributed by atoms with E-state index in [-0.39, 0.29) is 0 Å². The first-order valence-corrected chi connectivity index (χ1v) is 12.2. The van der Waals surface area contributed by atoms with E-state index in [0.717, 1.165) is 51.5 Å². The standard InChI is InChI=1S/C18H39ClO3Si/c1-4-7-10-15-20-23(18-13-14-19,21-16-11-8-5-2)22-17-12-9-6-3/h4-18H2,1-3H3. The molecule has 0 unspecified atom stereocenters. The fraction of sp³-hybridized carbons (Fsp3) is 1.00. The lowest BCUT2D eigenvalue weighted by molar-refractivity contribution is 0.0553. The number of hydrogen-bond donors (Lipinski definition) is 0. The zero-order valence-corrected chi connectivity index (χ0v) is 17.5. The second kappa shape index (κ2) is 17.2. The Morgan fingerprint density at radius 1 is 0.609 bits per heavy atom. The van der Waals surface area contributed by atoms with Gasteiger partial charge >= 0.3 is 8.80 Å². The van der Waals surface area contributed by atoms with Gasteiger partial charge in [-0.3, -0.25) is 0 Å². The van der Waals surface area contributed by atoms with Crippen LogP contribution in [0.4, 0.5) is 0 Å². The van der Waals surface area contributed by atoms with Gasteiger partial charge in [-0.25, -0.2) is 0 Å². The van der Waals surface area contributed by atoms with Gasteiger partial charge in [-0.15, -0.1) is 11.6 Å². The fourth-order valence-electron chi connectivity index (χ4n) is 2.36. The summed E-state index contributed by atoms with van der Waals surface area (Å²) in [5.41, 5.74) is 0. The third-order valence-electron chi connectivity index (χ3n) is 3.83. The summed E-state index contributed by atoms with van der Waals surface area (Å²) in [7, 11) is -2.55. The average Bonchev–Trinajstić information content (AvgIpc) is 2.57. The highest BCUT2D eigenvalue weighted by Crippen LogP contribution is 2.21. The van der Waals surface area contributed by atoms with E-state index in [2.05, 4.69) is 20.8 Å². The van der Waals surface area contributed by atoms with E-state index in [1.165, 1.54) is 38.5 Å². The van der Waals surface area contributed by atoms with Crippen LogP contribution in [0.5, 0.6) is 0 Å². The Balaban J connectivity index is 4.51. The summed E-state index contributed by atoms with van der Waals surface area (Å²) in [6.07, 6.45) is 11.4. The highest BCUT2D eigenvalue weighted by molar-refractivity contribution is 6.60. The molecule has 140 valence electrons. The quantitative estimate of drug-likeness (QED) is 0.165. The molecule has 0 saturated heterocycles. The molecule has 0 radical (unpaired) electrons. The SMILES string of the molecule is CCCCCO[Si](CCCCl)(OCCCCC)OCCCCC. The summed E-state index contributed by atoms with van der Waals surface area (Å²) in [5, 5.41) is 0. The van der Waals surface area contributed by atoms with E-state index < -0.39 is 8.80 Å². The molecule has 0 aliphatic carbocycles. The first kappa shape index (κ1) is 23.4. The molecule has 0 bridgehead atoms. The van der Waals surface area contributed by atoms with E-state index in [0.29, 0.717) is 5.88 Å². The summed E-state index contributed by atoms with van der Waals surface area (Å²) in [5.74, 6) is 0.643. The molecule has 0 aromatic rings. The molecule has 0 aliphatic rings. The molecule has 0 N–H and O–H groups in total. The molecule has 3 nitrogen and oxygen atoms in total. The van der Waals surface area contributed by atoms with E-state index in [4.69, 9.17) is 24.9 Å². The Morgan fingerprint density at radius 2 is 1.00 bits per heavy atom. The molecular formula is C18H39ClO3Si. The maximum Gasteiger partial charge on any atom is 0.500 e. The summed E-state index contributed by atoms with van der Waals surface area (Å²) in [4.78, 5) is 0. The van der Waals surface area contributed by atoms with Crippen LogP contribution in [-0.2, 0) is 13.3 Å². The Kier molecular flexibility index (Phi) is 17.5. The number of unbranched alkanes of at least 4 members (excludes halogenated alkanes) is 6. The molecule has 23 heavy (non-hydrogen) atoms. The molecule has 0 aromatic carbocycles. The molecule has 0 fully saturated rings. The minimum absolute atomic E-state index is 0.643. The van der Waals surface area contributed by atoms with Gasteiger partial charge in [0, 0.05) is 31.7 Å². The van der Waals surface area contributed by atoms with Crippen LogP contribution in [0, 0.1) is 0 Å². The molecule has 0 amide bonds. The lowest BCUT2D eigenvalue weighted by Gasteiger charge is -2.30. The number of alkyl halides is 1. The highest BCUT2D eigenvalue weighted by atomic mass is 35.5. The van der Waals surface area contributed by atoms with E-state index >= 15 is 0 Å². The molecule has 0 aromatic heterocycles. The van der Waals surface area contributed by atoms with Crippen molar-refractivity contribution in [2.45, 2.75) is 91.0 Å². The van der Waals surface area contributed by atoms with Crippen LogP contribution in [0.25, 0.3) is 0 Å². The minimum atomic E-state index is -2.55. The van der Waals surface area contributed by atoms with E-state index in [1.807, 2.05) is 0 Å². The van der Waals surface area contributed by atoms with Crippen LogP contribution < -0.4 is 0 Å². The van der Waals surface area contributed by atoms with Gasteiger partial charge in [0.05, 0.1) is 0 Å². The summed E-state index contributed by atoms with van der Waals surface area (Å²) < 4.78 is 18.7. The van der Waals surface area contributed by atoms with Crippen LogP contribution in [0.1, 0.15) is 85.0 Å². The van der Waals surface area contributed by atoms with E-state index in [1.54, 1.807) is 0 Å². The molecule has 0 heterocycles. The Bertz CT molecular complexity index is 211. The molecule has 0 aliphatic heterocycles. The molecule has 0 rings (SSSR count). The summed E-state index contributed by atoms with van der Waals surface area (Å²) >= 11 is 5.91. The van der Waals surface area contributed by atoms with E-state index in [9.17, 15) is 0 Å². The van der Waals surface area contributed by atoms with Crippen molar-refractivity contribution in [2.75, 3.05) is 25.7 Å². The second-order valence-electron chi connectivity index (χ2n) is 6.14. The van der Waals surface area contributed by atoms with Gasteiger partial charge in [0.15, 0.2) is 0 Å². The third kappa shape index (κ3) is 13.4. The summed E-state index contributed by atoms with van der Waals surface area (Å²) in [6, 6.07) is 0.848. The van der Waals surface area contributed by atoms with Crippen molar-refractivity contribution >= 4 is 20.4 Å². The van der Waals surface area contributed by atoms with Crippen LogP contribution in [-0.4, -0.2) is 34.5 Å². The first-order chi connectivity index (χ1) is 11.2. The minimum Gasteiger partial charge on any atom is -0.373 e. The first-order valence-electron chi connectivity index (χ1n) is 9.72. The van der Waals surface area contributed by atoms with Gasteiger partial charge in [-0.05, 0) is 25.7 Å². The molecular weight excluding hydrogens is 328 g/mol. The zero-order chi connectivity index (χ0) is 17.2. The number of halogens is 1. The van der Waals surface area contributed by atoms with Gasteiger partial charge in [-0.2, -0.15) is 0 Å². The van der Waals surface area contributed by atoms with Gasteiger partial charge in [-0.1, -0.05) is 59.3 Å². The summed E-state index contributed by atoms with van der Waals surface area (Å²) in [6.45, 7) is 8.89. The largest absolute Gasteiger partial charge is 0.500 e. The van der Waals surface area contributed by atoms with Crippen LogP contribution in [0.15, 0.2) is 0 Å². The lowest BCUT2D eigenvalue weighted by atomic mass is 10.3. The Labute approximate surface area is 150 Å². The fourth-order valence-corrected chi connectivity index (χ4v) is 5.38. The lowest BCUT2D eigenvalue weighted by Crippen LogP contribution is -2.46. The predicted molar refractivity (Wildman–Crippen MR) is 102 cm³/mol. The van der Waals surface area contributed by atoms with Crippen molar-refractivity contribution in [3.05, 3.63) is 0 Å². The molecule has 0 spiro atoms. The maximum atomic E-state index is 6.23. The van der Waals surface area contributed by atoms with Crippen molar-refractivity contribution in [1.82, 2.24) is 0 Å². The monoisotopic (exact) mass is 366 g/mol.